The van der Waals surface area contributed by atoms with Gasteiger partial charge in [-0.1, -0.05) is 6.07 Å². The van der Waals surface area contributed by atoms with Gasteiger partial charge in [-0.2, -0.15) is 0 Å². The predicted octanol–water partition coefficient (Wildman–Crippen LogP) is 2.86. The molecule has 2 rings (SSSR count). The first-order valence-corrected chi connectivity index (χ1v) is 8.12. The summed E-state index contributed by atoms with van der Waals surface area (Å²) in [6, 6.07) is 14.1. The zero-order chi connectivity index (χ0) is 17.4. The smallest absolute Gasteiger partial charge is 0.344 e. The Balaban J connectivity index is 1.71. The van der Waals surface area contributed by atoms with Crippen molar-refractivity contribution >= 4 is 40.2 Å². The molecule has 24 heavy (non-hydrogen) atoms. The van der Waals surface area contributed by atoms with Crippen LogP contribution in [0.25, 0.3) is 0 Å². The summed E-state index contributed by atoms with van der Waals surface area (Å²) in [6.07, 6.45) is 0. The molecule has 0 unspecified atom stereocenters. The van der Waals surface area contributed by atoms with Gasteiger partial charge in [0.25, 0.3) is 5.91 Å². The number of hydrogen-bond donors (Lipinski definition) is 1. The number of rotatable bonds is 7. The number of ether oxygens (including phenoxy) is 3. The van der Waals surface area contributed by atoms with Crippen LogP contribution in [-0.2, 0) is 14.3 Å². The van der Waals surface area contributed by atoms with Crippen molar-refractivity contribution in [2.75, 3.05) is 25.6 Å². The third kappa shape index (κ3) is 6.07. The maximum Gasteiger partial charge on any atom is 0.344 e. The zero-order valence-electron chi connectivity index (χ0n) is 13.0. The summed E-state index contributed by atoms with van der Waals surface area (Å²) in [5, 5.41) is 2.65. The van der Waals surface area contributed by atoms with E-state index < -0.39 is 11.9 Å². The number of methoxy groups -OCH3 is 1. The van der Waals surface area contributed by atoms with Gasteiger partial charge in [0, 0.05) is 9.26 Å². The Labute approximate surface area is 153 Å². The molecule has 0 saturated heterocycles. The van der Waals surface area contributed by atoms with Crippen LogP contribution in [-0.4, -0.2) is 32.2 Å². The summed E-state index contributed by atoms with van der Waals surface area (Å²) in [5.41, 5.74) is 0.650. The second-order valence-corrected chi connectivity index (χ2v) is 5.93. The van der Waals surface area contributed by atoms with Crippen molar-refractivity contribution in [1.82, 2.24) is 0 Å². The maximum absolute atomic E-state index is 11.7. The highest BCUT2D eigenvalue weighted by Crippen LogP contribution is 2.17. The molecule has 0 fully saturated rings. The average Bonchev–Trinajstić information content (AvgIpc) is 2.58. The molecule has 0 spiro atoms. The van der Waals surface area contributed by atoms with Crippen molar-refractivity contribution < 1.29 is 23.8 Å². The highest BCUT2D eigenvalue weighted by atomic mass is 127. The Morgan fingerprint density at radius 1 is 1.04 bits per heavy atom. The molecule has 0 aliphatic carbocycles. The minimum absolute atomic E-state index is 0.275. The molecule has 0 aliphatic heterocycles. The molecule has 126 valence electrons. The maximum atomic E-state index is 11.7. The van der Waals surface area contributed by atoms with Gasteiger partial charge >= 0.3 is 5.97 Å². The molecular weight excluding hydrogens is 425 g/mol. The van der Waals surface area contributed by atoms with Crippen molar-refractivity contribution in [1.29, 1.82) is 0 Å². The van der Waals surface area contributed by atoms with Crippen molar-refractivity contribution in [3.05, 3.63) is 52.1 Å². The quantitative estimate of drug-likeness (QED) is 0.529. The van der Waals surface area contributed by atoms with E-state index in [4.69, 9.17) is 14.2 Å². The van der Waals surface area contributed by atoms with Crippen LogP contribution in [0.1, 0.15) is 0 Å². The Kier molecular flexibility index (Phi) is 6.86. The Bertz CT molecular complexity index is 702. The summed E-state index contributed by atoms with van der Waals surface area (Å²) in [6.45, 7) is -0.640. The van der Waals surface area contributed by atoms with E-state index in [9.17, 15) is 9.59 Å². The summed E-state index contributed by atoms with van der Waals surface area (Å²) in [4.78, 5) is 23.3. The van der Waals surface area contributed by atoms with Gasteiger partial charge in [0.15, 0.2) is 13.2 Å². The summed E-state index contributed by atoms with van der Waals surface area (Å²) < 4.78 is 16.2. The molecule has 0 aliphatic rings. The SMILES string of the molecule is COc1ccc(OCC(=O)OCC(=O)Nc2cccc(I)c2)cc1. The first-order chi connectivity index (χ1) is 11.6. The molecule has 1 N–H and O–H groups in total. The molecule has 0 aromatic heterocycles. The van der Waals surface area contributed by atoms with Gasteiger partial charge in [0.1, 0.15) is 11.5 Å². The normalized spacial score (nSPS) is 9.92. The number of amides is 1. The number of carbonyl (C=O) groups excluding carboxylic acids is 2. The van der Waals surface area contributed by atoms with Crippen LogP contribution in [0.4, 0.5) is 5.69 Å². The first-order valence-electron chi connectivity index (χ1n) is 7.05. The van der Waals surface area contributed by atoms with Crippen LogP contribution in [0.3, 0.4) is 0 Å². The first kappa shape index (κ1) is 18.1. The molecule has 1 amide bonds. The Hall–Kier alpha value is -2.29. The largest absolute Gasteiger partial charge is 0.497 e. The average molecular weight is 441 g/mol. The fourth-order valence-corrected chi connectivity index (χ4v) is 2.31. The van der Waals surface area contributed by atoms with E-state index in [2.05, 4.69) is 27.9 Å². The molecule has 0 radical (unpaired) electrons. The Morgan fingerprint density at radius 3 is 2.42 bits per heavy atom. The Morgan fingerprint density at radius 2 is 1.75 bits per heavy atom. The van der Waals surface area contributed by atoms with Gasteiger partial charge in [-0.3, -0.25) is 4.79 Å². The highest BCUT2D eigenvalue weighted by Gasteiger charge is 2.09. The number of hydrogen-bond acceptors (Lipinski definition) is 5. The number of anilines is 1. The molecule has 2 aromatic carbocycles. The number of nitrogens with one attached hydrogen (secondary N) is 1. The van der Waals surface area contributed by atoms with E-state index >= 15 is 0 Å². The molecule has 6 nitrogen and oxygen atoms in total. The summed E-state index contributed by atoms with van der Waals surface area (Å²) in [5.74, 6) is 0.173. The topological polar surface area (TPSA) is 73.9 Å². The monoisotopic (exact) mass is 441 g/mol. The molecule has 0 heterocycles. The van der Waals surface area contributed by atoms with Crippen LogP contribution in [0.15, 0.2) is 48.5 Å². The van der Waals surface area contributed by atoms with Crippen molar-refractivity contribution in [3.8, 4) is 11.5 Å². The van der Waals surface area contributed by atoms with Crippen molar-refractivity contribution in [3.63, 3.8) is 0 Å². The number of esters is 1. The number of benzene rings is 2. The second-order valence-electron chi connectivity index (χ2n) is 4.68. The number of carbonyl (C=O) groups is 2. The van der Waals surface area contributed by atoms with Crippen molar-refractivity contribution in [2.24, 2.45) is 0 Å². The van der Waals surface area contributed by atoms with Crippen LogP contribution >= 0.6 is 22.6 Å². The molecule has 0 saturated carbocycles. The standard InChI is InChI=1S/C17H16INO5/c1-22-14-5-7-15(8-6-14)23-11-17(21)24-10-16(20)19-13-4-2-3-12(18)9-13/h2-9H,10-11H2,1H3,(H,19,20). The fourth-order valence-electron chi connectivity index (χ4n) is 1.77. The number of halogens is 1. The van der Waals surface area contributed by atoms with Gasteiger partial charge in [0.05, 0.1) is 7.11 Å². The second kappa shape index (κ2) is 9.11. The van der Waals surface area contributed by atoms with E-state index in [1.54, 1.807) is 37.4 Å². The fraction of sp³-hybridized carbons (Fsp3) is 0.176. The minimum atomic E-state index is -0.622. The van der Waals surface area contributed by atoms with Crippen molar-refractivity contribution in [2.45, 2.75) is 0 Å². The van der Waals surface area contributed by atoms with E-state index in [1.807, 2.05) is 18.2 Å². The lowest BCUT2D eigenvalue weighted by Gasteiger charge is -2.08. The van der Waals surface area contributed by atoms with Crippen LogP contribution in [0.5, 0.6) is 11.5 Å². The third-order valence-electron chi connectivity index (χ3n) is 2.89. The molecule has 2 aromatic rings. The lowest BCUT2D eigenvalue weighted by molar-refractivity contribution is -0.149. The van der Waals surface area contributed by atoms with Crippen LogP contribution in [0, 0.1) is 3.57 Å². The van der Waals surface area contributed by atoms with E-state index in [-0.39, 0.29) is 13.2 Å². The van der Waals surface area contributed by atoms with E-state index in [1.165, 1.54) is 0 Å². The van der Waals surface area contributed by atoms with Gasteiger partial charge in [0.2, 0.25) is 0 Å². The summed E-state index contributed by atoms with van der Waals surface area (Å²) >= 11 is 2.14. The third-order valence-corrected chi connectivity index (χ3v) is 3.56. The van der Waals surface area contributed by atoms with E-state index in [0.717, 1.165) is 3.57 Å². The van der Waals surface area contributed by atoms with Crippen LogP contribution in [0.2, 0.25) is 0 Å². The predicted molar refractivity (Wildman–Crippen MR) is 97.2 cm³/mol. The molecule has 0 bridgehead atoms. The highest BCUT2D eigenvalue weighted by molar-refractivity contribution is 14.1. The molecule has 0 atom stereocenters. The zero-order valence-corrected chi connectivity index (χ0v) is 15.1. The van der Waals surface area contributed by atoms with E-state index in [0.29, 0.717) is 17.2 Å². The molecule has 7 heteroatoms. The van der Waals surface area contributed by atoms with Gasteiger partial charge < -0.3 is 19.5 Å². The molecular formula is C17H16INO5. The van der Waals surface area contributed by atoms with Gasteiger partial charge in [-0.15, -0.1) is 0 Å². The van der Waals surface area contributed by atoms with Crippen LogP contribution < -0.4 is 14.8 Å². The summed E-state index contributed by atoms with van der Waals surface area (Å²) in [7, 11) is 1.56. The lowest BCUT2D eigenvalue weighted by Crippen LogP contribution is -2.23. The van der Waals surface area contributed by atoms with Gasteiger partial charge in [-0.05, 0) is 65.1 Å². The minimum Gasteiger partial charge on any atom is -0.497 e. The van der Waals surface area contributed by atoms with Gasteiger partial charge in [-0.25, -0.2) is 4.79 Å². The lowest BCUT2D eigenvalue weighted by atomic mass is 10.3.